The maximum Gasteiger partial charge on any atom is 0.161 e. The highest BCUT2D eigenvalue weighted by Gasteiger charge is 2.26. The summed E-state index contributed by atoms with van der Waals surface area (Å²) in [5, 5.41) is 0.724. The van der Waals surface area contributed by atoms with Crippen LogP contribution >= 0.6 is 11.6 Å². The Bertz CT molecular complexity index is 1200. The number of para-hydroxylation sites is 2. The lowest BCUT2D eigenvalue weighted by atomic mass is 10.1. The number of hydrogen-bond donors (Lipinski definition) is 0. The van der Waals surface area contributed by atoms with Crippen molar-refractivity contribution in [3.8, 4) is 0 Å². The zero-order valence-corrected chi connectivity index (χ0v) is 16.0. The van der Waals surface area contributed by atoms with Crippen LogP contribution < -0.4 is 0 Å². The number of nitrogens with zero attached hydrogens (tertiary/aromatic N) is 3. The molecule has 136 valence electrons. The van der Waals surface area contributed by atoms with Gasteiger partial charge in [0, 0.05) is 17.8 Å². The van der Waals surface area contributed by atoms with Gasteiger partial charge in [-0.2, -0.15) is 0 Å². The lowest BCUT2D eigenvalue weighted by Gasteiger charge is -2.33. The van der Waals surface area contributed by atoms with Gasteiger partial charge >= 0.3 is 0 Å². The van der Waals surface area contributed by atoms with Gasteiger partial charge in [0.15, 0.2) is 5.82 Å². The highest BCUT2D eigenvalue weighted by molar-refractivity contribution is 6.30. The van der Waals surface area contributed by atoms with Crippen molar-refractivity contribution in [3.63, 3.8) is 0 Å². The predicted octanol–water partition coefficient (Wildman–Crippen LogP) is 6.13. The van der Waals surface area contributed by atoms with Gasteiger partial charge in [0.05, 0.1) is 22.4 Å². The quantitative estimate of drug-likeness (QED) is 0.424. The number of halogens is 1. The largest absolute Gasteiger partial charge is 0.333 e. The van der Waals surface area contributed by atoms with Crippen LogP contribution in [0.2, 0.25) is 5.02 Å². The Morgan fingerprint density at radius 2 is 1.57 bits per heavy atom. The molecule has 3 nitrogen and oxygen atoms in total. The van der Waals surface area contributed by atoms with Crippen molar-refractivity contribution in [2.24, 2.45) is 0 Å². The van der Waals surface area contributed by atoms with Gasteiger partial charge in [-0.3, -0.25) is 4.57 Å². The highest BCUT2D eigenvalue weighted by atomic mass is 35.5. The van der Waals surface area contributed by atoms with E-state index in [4.69, 9.17) is 16.6 Å². The fourth-order valence-electron chi connectivity index (χ4n) is 3.63. The maximum absolute atomic E-state index is 6.12. The first-order chi connectivity index (χ1) is 13.7. The van der Waals surface area contributed by atoms with Crippen molar-refractivity contribution in [1.29, 1.82) is 0 Å². The summed E-state index contributed by atoms with van der Waals surface area (Å²) < 4.78 is 2.13. The molecule has 3 aromatic carbocycles. The van der Waals surface area contributed by atoms with Crippen LogP contribution in [0.25, 0.3) is 28.6 Å². The number of imidazole rings is 1. The predicted molar refractivity (Wildman–Crippen MR) is 116 cm³/mol. The molecule has 0 saturated carbocycles. The van der Waals surface area contributed by atoms with Gasteiger partial charge in [-0.1, -0.05) is 72.8 Å². The van der Waals surface area contributed by atoms with E-state index in [0.29, 0.717) is 0 Å². The molecule has 4 heteroatoms. The topological polar surface area (TPSA) is 21.1 Å². The number of hydrogen-bond acceptors (Lipinski definition) is 2. The molecule has 2 heterocycles. The summed E-state index contributed by atoms with van der Waals surface area (Å²) in [7, 11) is 0. The summed E-state index contributed by atoms with van der Waals surface area (Å²) >= 11 is 6.12. The molecule has 0 saturated heterocycles. The van der Waals surface area contributed by atoms with Crippen LogP contribution in [0.3, 0.4) is 0 Å². The van der Waals surface area contributed by atoms with E-state index in [1.807, 2.05) is 48.5 Å². The molecule has 0 unspecified atom stereocenters. The van der Waals surface area contributed by atoms with Gasteiger partial charge in [0.2, 0.25) is 0 Å². The Kier molecular flexibility index (Phi) is 4.03. The van der Waals surface area contributed by atoms with Crippen LogP contribution in [-0.4, -0.2) is 14.5 Å². The molecule has 1 aromatic heterocycles. The molecular weight excluding hydrogens is 366 g/mol. The second-order valence-corrected chi connectivity index (χ2v) is 7.27. The first-order valence-electron chi connectivity index (χ1n) is 9.16. The van der Waals surface area contributed by atoms with Crippen LogP contribution in [0.1, 0.15) is 17.0 Å². The van der Waals surface area contributed by atoms with E-state index in [-0.39, 0.29) is 0 Å². The number of benzene rings is 3. The van der Waals surface area contributed by atoms with Crippen molar-refractivity contribution in [2.45, 2.75) is 6.54 Å². The molecule has 0 fully saturated rings. The summed E-state index contributed by atoms with van der Waals surface area (Å²) in [6.45, 7) is 5.12. The van der Waals surface area contributed by atoms with E-state index in [0.717, 1.165) is 45.4 Å². The van der Waals surface area contributed by atoms with E-state index in [1.165, 1.54) is 5.56 Å². The molecule has 0 bridgehead atoms. The average molecular weight is 384 g/mol. The molecule has 0 radical (unpaired) electrons. The third kappa shape index (κ3) is 2.81. The molecule has 1 aliphatic rings. The number of fused-ring (bicyclic) bond motifs is 3. The Balaban J connectivity index is 1.69. The zero-order chi connectivity index (χ0) is 19.1. The summed E-state index contributed by atoms with van der Waals surface area (Å²) in [6, 6.07) is 26.5. The fourth-order valence-corrected chi connectivity index (χ4v) is 3.76. The second-order valence-electron chi connectivity index (χ2n) is 6.83. The molecule has 0 N–H and O–H groups in total. The summed E-state index contributed by atoms with van der Waals surface area (Å²) in [6.07, 6.45) is 2.14. The third-order valence-electron chi connectivity index (χ3n) is 5.05. The number of aromatic nitrogens is 2. The molecule has 0 atom stereocenters. The van der Waals surface area contributed by atoms with Crippen molar-refractivity contribution in [1.82, 2.24) is 14.5 Å². The first kappa shape index (κ1) is 16.8. The van der Waals surface area contributed by atoms with E-state index < -0.39 is 0 Å². The fraction of sp³-hybridized carbons (Fsp3) is 0.0417. The minimum Gasteiger partial charge on any atom is -0.333 e. The third-order valence-corrected chi connectivity index (χ3v) is 5.30. The van der Waals surface area contributed by atoms with Crippen LogP contribution in [0.5, 0.6) is 0 Å². The summed E-state index contributed by atoms with van der Waals surface area (Å²) in [4.78, 5) is 7.05. The summed E-state index contributed by atoms with van der Waals surface area (Å²) in [5.74, 6) is 0.870. The first-order valence-corrected chi connectivity index (χ1v) is 9.54. The van der Waals surface area contributed by atoms with E-state index in [2.05, 4.69) is 52.6 Å². The van der Waals surface area contributed by atoms with E-state index >= 15 is 0 Å². The molecule has 28 heavy (non-hydrogen) atoms. The Hall–Kier alpha value is -3.30. The van der Waals surface area contributed by atoms with Crippen LogP contribution in [-0.2, 0) is 6.54 Å². The lowest BCUT2D eigenvalue weighted by molar-refractivity contribution is 0.540. The van der Waals surface area contributed by atoms with Crippen LogP contribution in [0.15, 0.2) is 85.4 Å². The van der Waals surface area contributed by atoms with Crippen molar-refractivity contribution < 1.29 is 0 Å². The number of rotatable bonds is 3. The van der Waals surface area contributed by atoms with Crippen molar-refractivity contribution in [3.05, 3.63) is 107 Å². The SMILES string of the molecule is C=C1c2nc3ccccc3n2C=C(c2ccc(Cl)cc2)N1Cc1ccccc1. The Morgan fingerprint density at radius 1 is 0.857 bits per heavy atom. The van der Waals surface area contributed by atoms with Crippen LogP contribution in [0, 0.1) is 0 Å². The summed E-state index contributed by atoms with van der Waals surface area (Å²) in [5.41, 5.74) is 6.29. The normalized spacial score (nSPS) is 13.5. The molecule has 4 aromatic rings. The average Bonchev–Trinajstić information content (AvgIpc) is 3.10. The Labute approximate surface area is 168 Å². The molecular formula is C24H18ClN3. The minimum atomic E-state index is 0.720. The maximum atomic E-state index is 6.12. The molecule has 0 aliphatic carbocycles. The van der Waals surface area contributed by atoms with Gasteiger partial charge in [0.25, 0.3) is 0 Å². The monoisotopic (exact) mass is 383 g/mol. The van der Waals surface area contributed by atoms with Gasteiger partial charge < -0.3 is 4.90 Å². The van der Waals surface area contributed by atoms with Crippen molar-refractivity contribution >= 4 is 40.2 Å². The second kappa shape index (κ2) is 6.70. The van der Waals surface area contributed by atoms with Gasteiger partial charge in [-0.05, 0) is 35.4 Å². The molecule has 1 aliphatic heterocycles. The Morgan fingerprint density at radius 3 is 2.36 bits per heavy atom. The molecule has 5 rings (SSSR count). The van der Waals surface area contributed by atoms with Gasteiger partial charge in [0.1, 0.15) is 0 Å². The highest BCUT2D eigenvalue weighted by Crippen LogP contribution is 2.37. The van der Waals surface area contributed by atoms with Gasteiger partial charge in [-0.25, -0.2) is 4.98 Å². The van der Waals surface area contributed by atoms with Crippen LogP contribution in [0.4, 0.5) is 0 Å². The molecule has 0 amide bonds. The smallest absolute Gasteiger partial charge is 0.161 e. The van der Waals surface area contributed by atoms with Gasteiger partial charge in [-0.15, -0.1) is 0 Å². The standard InChI is InChI=1S/C24H18ClN3/c1-17-24-26-21-9-5-6-10-22(21)28(24)16-23(19-11-13-20(25)14-12-19)27(17)15-18-7-3-2-4-8-18/h2-14,16H,1,15H2. The zero-order valence-electron chi connectivity index (χ0n) is 15.2. The minimum absolute atomic E-state index is 0.720. The lowest BCUT2D eigenvalue weighted by Crippen LogP contribution is -2.25. The molecule has 0 spiro atoms. The van der Waals surface area contributed by atoms with Crippen molar-refractivity contribution in [2.75, 3.05) is 0 Å². The van der Waals surface area contributed by atoms with E-state index in [9.17, 15) is 0 Å². The van der Waals surface area contributed by atoms with E-state index in [1.54, 1.807) is 0 Å².